The van der Waals surface area contributed by atoms with Gasteiger partial charge in [-0.25, -0.2) is 0 Å². The van der Waals surface area contributed by atoms with Crippen LogP contribution in [-0.2, 0) is 14.3 Å². The van der Waals surface area contributed by atoms with Crippen LogP contribution in [0.15, 0.2) is 54.1 Å². The van der Waals surface area contributed by atoms with E-state index in [0.717, 1.165) is 5.56 Å². The second-order valence-corrected chi connectivity index (χ2v) is 7.77. The van der Waals surface area contributed by atoms with Crippen LogP contribution in [0.3, 0.4) is 0 Å². The van der Waals surface area contributed by atoms with Crippen LogP contribution in [0.1, 0.15) is 31.0 Å². The number of rotatable bonds is 6. The molecule has 0 aromatic heterocycles. The molecule has 0 radical (unpaired) electrons. The van der Waals surface area contributed by atoms with Crippen molar-refractivity contribution in [2.24, 2.45) is 0 Å². The first-order valence-electron chi connectivity index (χ1n) is 9.21. The Morgan fingerprint density at radius 2 is 1.79 bits per heavy atom. The van der Waals surface area contributed by atoms with Gasteiger partial charge in [0.15, 0.2) is 0 Å². The second kappa shape index (κ2) is 8.99. The van der Waals surface area contributed by atoms with Crippen LogP contribution in [0.2, 0.25) is 10.0 Å². The molecule has 1 N–H and O–H groups in total. The van der Waals surface area contributed by atoms with Gasteiger partial charge in [-0.2, -0.15) is 0 Å². The molecule has 1 aliphatic heterocycles. The van der Waals surface area contributed by atoms with E-state index in [9.17, 15) is 14.7 Å². The van der Waals surface area contributed by atoms with Gasteiger partial charge in [0.1, 0.15) is 5.76 Å². The lowest BCUT2D eigenvalue weighted by molar-refractivity contribution is -0.140. The van der Waals surface area contributed by atoms with Crippen molar-refractivity contribution in [3.63, 3.8) is 0 Å². The molecule has 1 unspecified atom stereocenters. The first kappa shape index (κ1) is 21.4. The fourth-order valence-electron chi connectivity index (χ4n) is 3.28. The first-order chi connectivity index (χ1) is 13.8. The van der Waals surface area contributed by atoms with E-state index in [1.54, 1.807) is 6.07 Å². The summed E-state index contributed by atoms with van der Waals surface area (Å²) in [6.07, 6.45) is -0.00166. The number of aliphatic hydroxyl groups excluding tert-OH is 1. The van der Waals surface area contributed by atoms with Crippen LogP contribution in [0.4, 0.5) is 0 Å². The van der Waals surface area contributed by atoms with E-state index in [-0.39, 0.29) is 35.6 Å². The number of amides is 1. The molecule has 0 saturated carbocycles. The zero-order valence-corrected chi connectivity index (χ0v) is 17.6. The van der Waals surface area contributed by atoms with E-state index >= 15 is 0 Å². The molecule has 1 fully saturated rings. The second-order valence-electron chi connectivity index (χ2n) is 6.95. The minimum atomic E-state index is -0.744. The van der Waals surface area contributed by atoms with Crippen LogP contribution in [-0.4, -0.2) is 41.0 Å². The molecule has 0 aliphatic carbocycles. The summed E-state index contributed by atoms with van der Waals surface area (Å²) in [5.41, 5.74) is 1.05. The topological polar surface area (TPSA) is 66.8 Å². The molecule has 2 aromatic rings. The Kier molecular flexibility index (Phi) is 6.63. The predicted octanol–water partition coefficient (Wildman–Crippen LogP) is 4.84. The Balaban J connectivity index is 2.09. The van der Waals surface area contributed by atoms with Crippen LogP contribution in [0, 0.1) is 0 Å². The molecule has 5 nitrogen and oxygen atoms in total. The van der Waals surface area contributed by atoms with E-state index < -0.39 is 17.7 Å². The van der Waals surface area contributed by atoms with Crippen molar-refractivity contribution in [1.82, 2.24) is 4.90 Å². The number of aliphatic hydroxyl groups is 1. The quantitative estimate of drug-likeness (QED) is 0.402. The normalized spacial score (nSPS) is 18.7. The maximum Gasteiger partial charge on any atom is 0.295 e. The Bertz CT molecular complexity index is 957. The average Bonchev–Trinajstić information content (AvgIpc) is 2.95. The zero-order chi connectivity index (χ0) is 21.1. The van der Waals surface area contributed by atoms with Crippen molar-refractivity contribution in [3.8, 4) is 0 Å². The van der Waals surface area contributed by atoms with Gasteiger partial charge in [-0.3, -0.25) is 9.59 Å². The van der Waals surface area contributed by atoms with Gasteiger partial charge in [-0.1, -0.05) is 53.5 Å². The molecule has 2 aromatic carbocycles. The number of ketones is 1. The maximum absolute atomic E-state index is 12.9. The number of nitrogens with zero attached hydrogens (tertiary/aromatic N) is 1. The van der Waals surface area contributed by atoms with E-state index in [1.807, 2.05) is 44.2 Å². The summed E-state index contributed by atoms with van der Waals surface area (Å²) in [5.74, 6) is -1.71. The van der Waals surface area contributed by atoms with Crippen molar-refractivity contribution >= 4 is 40.7 Å². The van der Waals surface area contributed by atoms with E-state index in [1.165, 1.54) is 17.0 Å². The molecule has 29 heavy (non-hydrogen) atoms. The highest BCUT2D eigenvalue weighted by Gasteiger charge is 2.45. The highest BCUT2D eigenvalue weighted by Crippen LogP contribution is 2.39. The maximum atomic E-state index is 12.9. The Hall–Kier alpha value is -2.34. The third-order valence-corrected chi connectivity index (χ3v) is 5.37. The fraction of sp³-hybridized carbons (Fsp3) is 0.273. The number of ether oxygens (including phenoxy) is 1. The lowest BCUT2D eigenvalue weighted by atomic mass is 9.95. The molecule has 1 atom stereocenters. The van der Waals surface area contributed by atoms with Gasteiger partial charge in [0, 0.05) is 12.1 Å². The molecule has 3 rings (SSSR count). The Morgan fingerprint density at radius 3 is 2.41 bits per heavy atom. The minimum Gasteiger partial charge on any atom is -0.507 e. The Labute approximate surface area is 179 Å². The lowest BCUT2D eigenvalue weighted by Crippen LogP contribution is -2.33. The van der Waals surface area contributed by atoms with Crippen molar-refractivity contribution in [1.29, 1.82) is 0 Å². The number of carbonyl (C=O) groups is 2. The standard InChI is InChI=1S/C22H21Cl2NO4/c1-13(2)29-11-10-25-19(14-6-4-3-5-7-14)18(21(27)22(25)28)20(26)15-8-9-16(23)17(24)12-15/h3-9,12-13,19,26H,10-11H2,1-2H3/b20-18-. The fourth-order valence-corrected chi connectivity index (χ4v) is 3.58. The molecular weight excluding hydrogens is 413 g/mol. The van der Waals surface area contributed by atoms with Crippen molar-refractivity contribution in [2.45, 2.75) is 26.0 Å². The molecule has 0 bridgehead atoms. The summed E-state index contributed by atoms with van der Waals surface area (Å²) in [5, 5.41) is 11.5. The molecule has 1 amide bonds. The highest BCUT2D eigenvalue weighted by molar-refractivity contribution is 6.46. The summed E-state index contributed by atoms with van der Waals surface area (Å²) in [7, 11) is 0. The predicted molar refractivity (Wildman–Crippen MR) is 113 cm³/mol. The molecule has 1 saturated heterocycles. The van der Waals surface area contributed by atoms with Gasteiger partial charge >= 0.3 is 0 Å². The number of hydrogen-bond donors (Lipinski definition) is 1. The van der Waals surface area contributed by atoms with Crippen LogP contribution in [0.5, 0.6) is 0 Å². The number of likely N-dealkylation sites (tertiary alicyclic amines) is 1. The number of halogens is 2. The zero-order valence-electron chi connectivity index (χ0n) is 16.1. The molecule has 7 heteroatoms. The van der Waals surface area contributed by atoms with Gasteiger partial charge in [0.2, 0.25) is 0 Å². The lowest BCUT2D eigenvalue weighted by Gasteiger charge is -2.25. The number of hydrogen-bond acceptors (Lipinski definition) is 4. The van der Waals surface area contributed by atoms with Gasteiger partial charge in [0.05, 0.1) is 34.4 Å². The Morgan fingerprint density at radius 1 is 1.10 bits per heavy atom. The van der Waals surface area contributed by atoms with Gasteiger partial charge in [-0.15, -0.1) is 0 Å². The average molecular weight is 434 g/mol. The molecule has 0 spiro atoms. The monoisotopic (exact) mass is 433 g/mol. The van der Waals surface area contributed by atoms with Crippen LogP contribution in [0.25, 0.3) is 5.76 Å². The molecule has 1 aliphatic rings. The van der Waals surface area contributed by atoms with Gasteiger partial charge in [-0.05, 0) is 37.6 Å². The summed E-state index contributed by atoms with van der Waals surface area (Å²) in [6, 6.07) is 12.9. The van der Waals surface area contributed by atoms with Crippen molar-refractivity contribution in [3.05, 3.63) is 75.3 Å². The van der Waals surface area contributed by atoms with Gasteiger partial charge in [0.25, 0.3) is 11.7 Å². The van der Waals surface area contributed by atoms with Crippen molar-refractivity contribution < 1.29 is 19.4 Å². The summed E-state index contributed by atoms with van der Waals surface area (Å²) < 4.78 is 5.56. The largest absolute Gasteiger partial charge is 0.507 e. The first-order valence-corrected chi connectivity index (χ1v) is 9.97. The SMILES string of the molecule is CC(C)OCCN1C(=O)C(=O)/C(=C(\O)c2ccc(Cl)c(Cl)c2)C1c1ccccc1. The molecular formula is C22H21Cl2NO4. The summed E-state index contributed by atoms with van der Waals surface area (Å²) >= 11 is 12.0. The van der Waals surface area contributed by atoms with Gasteiger partial charge < -0.3 is 14.7 Å². The number of benzene rings is 2. The smallest absolute Gasteiger partial charge is 0.295 e. The summed E-state index contributed by atoms with van der Waals surface area (Å²) in [4.78, 5) is 27.0. The van der Waals surface area contributed by atoms with Crippen LogP contribution >= 0.6 is 23.2 Å². The van der Waals surface area contributed by atoms with Crippen molar-refractivity contribution in [2.75, 3.05) is 13.2 Å². The third kappa shape index (κ3) is 4.47. The third-order valence-electron chi connectivity index (χ3n) is 4.63. The van der Waals surface area contributed by atoms with Crippen LogP contribution < -0.4 is 0 Å². The minimum absolute atomic E-state index is 0.00166. The van der Waals surface area contributed by atoms with E-state index in [4.69, 9.17) is 27.9 Å². The number of Topliss-reactive ketones (excluding diaryl/α,β-unsaturated/α-hetero) is 1. The number of carbonyl (C=O) groups excluding carboxylic acids is 2. The highest BCUT2D eigenvalue weighted by atomic mass is 35.5. The molecule has 152 valence electrons. The van der Waals surface area contributed by atoms with E-state index in [2.05, 4.69) is 0 Å². The molecule has 1 heterocycles. The summed E-state index contributed by atoms with van der Waals surface area (Å²) in [6.45, 7) is 4.29. The van der Waals surface area contributed by atoms with E-state index in [0.29, 0.717) is 10.6 Å².